The monoisotopic (exact) mass is 720 g/mol. The van der Waals surface area contributed by atoms with Crippen molar-refractivity contribution >= 4 is 11.4 Å². The summed E-state index contributed by atoms with van der Waals surface area (Å²) in [4.78, 5) is 17.5. The number of aromatic nitrogens is 2. The first-order valence-electron chi connectivity index (χ1n) is 19.8. The van der Waals surface area contributed by atoms with Crippen LogP contribution in [0.15, 0.2) is 152 Å². The summed E-state index contributed by atoms with van der Waals surface area (Å²) in [6.07, 6.45) is 8.58. The molecule has 56 heavy (non-hydrogen) atoms. The molecule has 6 aromatic carbocycles. The van der Waals surface area contributed by atoms with Crippen molar-refractivity contribution in [2.24, 2.45) is 17.8 Å². The van der Waals surface area contributed by atoms with Crippen LogP contribution >= 0.6 is 0 Å². The zero-order valence-corrected chi connectivity index (χ0v) is 31.2. The van der Waals surface area contributed by atoms with Gasteiger partial charge in [-0.25, -0.2) is 19.7 Å². The standard InChI is InChI=1S/C52H40N4/c1-53-45-21-14-40(15-22-45)48-29-43(18-25-47(48)51-55-49(41-6-4-3-5-7-41)30-50(56-51)42-16-23-46(54-2)24-17-42)39-10-8-37(9-11-39)38-12-19-44(20-13-38)52-31-34-26-35(32-52)28-36(27-34)33-52/h3-25,29-30,34-36H,26-28,31-33H2. The number of hydrogen-bond donors (Lipinski definition) is 0. The maximum Gasteiger partial charge on any atom is 0.187 e. The molecule has 0 unspecified atom stereocenters. The van der Waals surface area contributed by atoms with Crippen molar-refractivity contribution in [3.8, 4) is 67.3 Å². The normalized spacial score (nSPS) is 20.6. The average Bonchev–Trinajstić information content (AvgIpc) is 3.26. The van der Waals surface area contributed by atoms with E-state index in [1.807, 2.05) is 72.8 Å². The molecular formula is C52H40N4. The molecular weight excluding hydrogens is 681 g/mol. The van der Waals surface area contributed by atoms with Gasteiger partial charge in [0.1, 0.15) is 0 Å². The van der Waals surface area contributed by atoms with Crippen LogP contribution in [0.2, 0.25) is 0 Å². The maximum absolute atomic E-state index is 7.54. The Balaban J connectivity index is 1.01. The van der Waals surface area contributed by atoms with E-state index in [0.29, 0.717) is 22.6 Å². The Labute approximate surface area is 329 Å². The van der Waals surface area contributed by atoms with Gasteiger partial charge in [-0.3, -0.25) is 0 Å². The molecule has 0 saturated heterocycles. The van der Waals surface area contributed by atoms with Gasteiger partial charge in [-0.2, -0.15) is 0 Å². The third kappa shape index (κ3) is 6.28. The van der Waals surface area contributed by atoms with Crippen LogP contribution in [0.5, 0.6) is 0 Å². The smallest absolute Gasteiger partial charge is 0.187 e. The second kappa shape index (κ2) is 13.9. The predicted octanol–water partition coefficient (Wildman–Crippen LogP) is 14.0. The van der Waals surface area contributed by atoms with Crippen LogP contribution in [-0.2, 0) is 5.41 Å². The summed E-state index contributed by atoms with van der Waals surface area (Å²) in [5.41, 5.74) is 14.3. The van der Waals surface area contributed by atoms with Crippen molar-refractivity contribution in [1.82, 2.24) is 9.97 Å². The predicted molar refractivity (Wildman–Crippen MR) is 227 cm³/mol. The van der Waals surface area contributed by atoms with Crippen LogP contribution in [0, 0.1) is 30.9 Å². The highest BCUT2D eigenvalue weighted by Gasteiger charge is 2.51. The molecule has 0 atom stereocenters. The van der Waals surface area contributed by atoms with E-state index in [-0.39, 0.29) is 0 Å². The minimum Gasteiger partial charge on any atom is -0.238 e. The van der Waals surface area contributed by atoms with Gasteiger partial charge in [-0.05, 0) is 124 Å². The number of benzene rings is 6. The fourth-order valence-corrected chi connectivity index (χ4v) is 10.4. The van der Waals surface area contributed by atoms with Gasteiger partial charge in [0.05, 0.1) is 24.5 Å². The molecule has 4 aliphatic carbocycles. The molecule has 1 heterocycles. The van der Waals surface area contributed by atoms with Crippen LogP contribution < -0.4 is 0 Å². The number of nitrogens with zero attached hydrogens (tertiary/aromatic N) is 4. The third-order valence-corrected chi connectivity index (χ3v) is 12.7. The first kappa shape index (κ1) is 33.9. The minimum absolute atomic E-state index is 0.414. The molecule has 7 aromatic rings. The molecule has 1 aromatic heterocycles. The SMILES string of the molecule is [C-]#[N+]c1ccc(-c2cc(-c3ccccc3)nc(-c3ccc(-c4ccc(-c5ccc(C67CC8CC(CC(C8)C6)C7)cc5)cc4)cc3-c3ccc([N+]#[C-])cc3)n2)cc1. The number of hydrogen-bond acceptors (Lipinski definition) is 2. The first-order chi connectivity index (χ1) is 27.5. The molecule has 11 rings (SSSR count). The zero-order valence-electron chi connectivity index (χ0n) is 31.2. The quantitative estimate of drug-likeness (QED) is 0.154. The van der Waals surface area contributed by atoms with E-state index in [4.69, 9.17) is 23.1 Å². The highest BCUT2D eigenvalue weighted by Crippen LogP contribution is 2.60. The summed E-state index contributed by atoms with van der Waals surface area (Å²) in [6.45, 7) is 15.0. The Hall–Kier alpha value is -6.62. The van der Waals surface area contributed by atoms with Gasteiger partial charge < -0.3 is 0 Å². The fourth-order valence-electron chi connectivity index (χ4n) is 10.4. The summed E-state index contributed by atoms with van der Waals surface area (Å²) in [5.74, 6) is 3.44. The summed E-state index contributed by atoms with van der Waals surface area (Å²) in [6, 6.07) is 52.5. The van der Waals surface area contributed by atoms with Crippen molar-refractivity contribution in [1.29, 1.82) is 0 Å². The lowest BCUT2D eigenvalue weighted by Crippen LogP contribution is -2.48. The Morgan fingerprint density at radius 2 is 0.875 bits per heavy atom. The molecule has 0 radical (unpaired) electrons. The molecule has 4 saturated carbocycles. The van der Waals surface area contributed by atoms with Crippen LogP contribution in [0.1, 0.15) is 44.1 Å². The molecule has 4 aliphatic rings. The molecule has 4 fully saturated rings. The van der Waals surface area contributed by atoms with Gasteiger partial charge in [0.15, 0.2) is 17.2 Å². The molecule has 0 spiro atoms. The molecule has 4 bridgehead atoms. The molecule has 0 N–H and O–H groups in total. The van der Waals surface area contributed by atoms with Gasteiger partial charge in [-0.1, -0.05) is 133 Å². The van der Waals surface area contributed by atoms with Crippen molar-refractivity contribution in [3.05, 3.63) is 180 Å². The van der Waals surface area contributed by atoms with Crippen molar-refractivity contribution < 1.29 is 0 Å². The average molecular weight is 721 g/mol. The second-order valence-electron chi connectivity index (χ2n) is 16.3. The van der Waals surface area contributed by atoms with Gasteiger partial charge >= 0.3 is 0 Å². The highest BCUT2D eigenvalue weighted by atomic mass is 14.9. The number of rotatable bonds is 7. The van der Waals surface area contributed by atoms with Gasteiger partial charge in [0, 0.05) is 11.1 Å². The van der Waals surface area contributed by atoms with E-state index < -0.39 is 0 Å². The van der Waals surface area contributed by atoms with E-state index in [2.05, 4.69) is 88.6 Å². The van der Waals surface area contributed by atoms with Crippen LogP contribution in [0.4, 0.5) is 11.4 Å². The van der Waals surface area contributed by atoms with Crippen LogP contribution in [0.3, 0.4) is 0 Å². The Morgan fingerprint density at radius 1 is 0.429 bits per heavy atom. The molecule has 4 heteroatoms. The second-order valence-corrected chi connectivity index (χ2v) is 16.3. The Kier molecular flexibility index (Phi) is 8.42. The fraction of sp³-hybridized carbons (Fsp3) is 0.192. The van der Waals surface area contributed by atoms with Gasteiger partial charge in [0.2, 0.25) is 0 Å². The Morgan fingerprint density at radius 3 is 1.41 bits per heavy atom. The largest absolute Gasteiger partial charge is 0.238 e. The summed E-state index contributed by atoms with van der Waals surface area (Å²) < 4.78 is 0. The lowest BCUT2D eigenvalue weighted by Gasteiger charge is -2.57. The van der Waals surface area contributed by atoms with Gasteiger partial charge in [-0.15, -0.1) is 0 Å². The van der Waals surface area contributed by atoms with Crippen LogP contribution in [0.25, 0.3) is 77.0 Å². The highest BCUT2D eigenvalue weighted by molar-refractivity contribution is 5.87. The van der Waals surface area contributed by atoms with Crippen molar-refractivity contribution in [2.45, 2.75) is 43.9 Å². The third-order valence-electron chi connectivity index (χ3n) is 12.7. The zero-order chi connectivity index (χ0) is 37.6. The van der Waals surface area contributed by atoms with Crippen molar-refractivity contribution in [2.75, 3.05) is 0 Å². The van der Waals surface area contributed by atoms with E-state index in [9.17, 15) is 0 Å². The van der Waals surface area contributed by atoms with Crippen molar-refractivity contribution in [3.63, 3.8) is 0 Å². The topological polar surface area (TPSA) is 34.5 Å². The molecule has 4 nitrogen and oxygen atoms in total. The van der Waals surface area contributed by atoms with Crippen LogP contribution in [-0.4, -0.2) is 9.97 Å². The van der Waals surface area contributed by atoms with E-state index in [0.717, 1.165) is 68.1 Å². The maximum atomic E-state index is 7.54. The molecule has 0 aliphatic heterocycles. The summed E-state index contributed by atoms with van der Waals surface area (Å²) in [7, 11) is 0. The van der Waals surface area contributed by atoms with Gasteiger partial charge in [0.25, 0.3) is 0 Å². The van der Waals surface area contributed by atoms with E-state index in [1.54, 1.807) is 5.56 Å². The summed E-state index contributed by atoms with van der Waals surface area (Å²) in [5, 5.41) is 0. The lowest BCUT2D eigenvalue weighted by molar-refractivity contribution is -0.00518. The molecule has 0 amide bonds. The molecule has 268 valence electrons. The lowest BCUT2D eigenvalue weighted by atomic mass is 9.48. The summed E-state index contributed by atoms with van der Waals surface area (Å²) >= 11 is 0. The first-order valence-corrected chi connectivity index (χ1v) is 19.8. The minimum atomic E-state index is 0.414. The van der Waals surface area contributed by atoms with E-state index >= 15 is 0 Å². The Bertz CT molecular complexity index is 2610. The van der Waals surface area contributed by atoms with E-state index in [1.165, 1.54) is 49.7 Å².